The van der Waals surface area contributed by atoms with E-state index < -0.39 is 0 Å². The number of hydrogen-bond acceptors (Lipinski definition) is 2. The van der Waals surface area contributed by atoms with Crippen molar-refractivity contribution in [2.75, 3.05) is 13.2 Å². The number of carbonyl (C=O) groups is 1. The molecule has 3 nitrogen and oxygen atoms in total. The van der Waals surface area contributed by atoms with E-state index in [9.17, 15) is 4.79 Å². The number of unbranched alkanes of at least 4 members (excludes halogenated alkanes) is 2. The van der Waals surface area contributed by atoms with Gasteiger partial charge in [0.2, 0.25) is 0 Å². The highest BCUT2D eigenvalue weighted by Gasteiger charge is 2.07. The fourth-order valence-corrected chi connectivity index (χ4v) is 1.58. The highest BCUT2D eigenvalue weighted by Crippen LogP contribution is 2.14. The number of hydrogen-bond donors (Lipinski definition) is 2. The molecular weight excluding hydrogens is 226 g/mol. The Balaban J connectivity index is 2.33. The Hall–Kier alpha value is -1.06. The van der Waals surface area contributed by atoms with Crippen LogP contribution in [0.1, 0.15) is 29.6 Å². The van der Waals surface area contributed by atoms with Crippen molar-refractivity contribution in [2.45, 2.75) is 19.3 Å². The summed E-state index contributed by atoms with van der Waals surface area (Å²) < 4.78 is 0. The maximum absolute atomic E-state index is 11.7. The second-order valence-corrected chi connectivity index (χ2v) is 3.93. The van der Waals surface area contributed by atoms with E-state index in [1.807, 2.05) is 0 Å². The maximum Gasteiger partial charge on any atom is 0.252 e. The number of amides is 1. The molecule has 0 fully saturated rings. The molecule has 16 heavy (non-hydrogen) atoms. The molecule has 0 heterocycles. The van der Waals surface area contributed by atoms with Crippen LogP contribution < -0.4 is 5.32 Å². The fraction of sp³-hybridized carbons (Fsp3) is 0.417. The van der Waals surface area contributed by atoms with E-state index in [-0.39, 0.29) is 12.5 Å². The molecule has 0 aromatic heterocycles. The van der Waals surface area contributed by atoms with Gasteiger partial charge in [0.25, 0.3) is 5.91 Å². The zero-order valence-corrected chi connectivity index (χ0v) is 9.83. The average Bonchev–Trinajstić information content (AvgIpc) is 2.29. The monoisotopic (exact) mass is 241 g/mol. The Labute approximate surface area is 100 Å². The molecule has 0 bridgehead atoms. The summed E-state index contributed by atoms with van der Waals surface area (Å²) in [6.07, 6.45) is 2.57. The minimum atomic E-state index is -0.144. The van der Waals surface area contributed by atoms with Crippen LogP contribution in [0.2, 0.25) is 5.02 Å². The Morgan fingerprint density at radius 2 is 2.00 bits per heavy atom. The van der Waals surface area contributed by atoms with E-state index in [4.69, 9.17) is 16.7 Å². The van der Waals surface area contributed by atoms with E-state index in [0.717, 1.165) is 19.3 Å². The zero-order chi connectivity index (χ0) is 11.8. The predicted molar refractivity (Wildman–Crippen MR) is 64.7 cm³/mol. The lowest BCUT2D eigenvalue weighted by Crippen LogP contribution is -2.24. The molecule has 88 valence electrons. The quantitative estimate of drug-likeness (QED) is 0.751. The van der Waals surface area contributed by atoms with Crippen LogP contribution in [0.25, 0.3) is 0 Å². The molecule has 1 rings (SSSR count). The molecule has 1 aromatic carbocycles. The number of benzene rings is 1. The Morgan fingerprint density at radius 1 is 1.25 bits per heavy atom. The molecule has 0 saturated heterocycles. The molecule has 0 aliphatic carbocycles. The van der Waals surface area contributed by atoms with Gasteiger partial charge in [-0.05, 0) is 31.4 Å². The van der Waals surface area contributed by atoms with Crippen molar-refractivity contribution in [2.24, 2.45) is 0 Å². The predicted octanol–water partition coefficient (Wildman–Crippen LogP) is 2.23. The largest absolute Gasteiger partial charge is 0.396 e. The third-order valence-corrected chi connectivity index (χ3v) is 2.57. The average molecular weight is 242 g/mol. The number of nitrogens with one attached hydrogen (secondary N) is 1. The summed E-state index contributed by atoms with van der Waals surface area (Å²) in [7, 11) is 0. The SMILES string of the molecule is O=C(NCCCCCO)c1ccccc1Cl. The summed E-state index contributed by atoms with van der Waals surface area (Å²) >= 11 is 5.89. The fourth-order valence-electron chi connectivity index (χ4n) is 1.36. The summed E-state index contributed by atoms with van der Waals surface area (Å²) in [5, 5.41) is 11.8. The molecule has 2 N–H and O–H groups in total. The normalized spacial score (nSPS) is 10.1. The molecule has 4 heteroatoms. The standard InChI is InChI=1S/C12H16ClNO2/c13-11-7-3-2-6-10(11)12(16)14-8-4-1-5-9-15/h2-3,6-7,15H,1,4-5,8-9H2,(H,14,16). The van der Waals surface area contributed by atoms with Crippen molar-refractivity contribution in [3.05, 3.63) is 34.9 Å². The van der Waals surface area contributed by atoms with Gasteiger partial charge in [0.15, 0.2) is 0 Å². The minimum Gasteiger partial charge on any atom is -0.396 e. The van der Waals surface area contributed by atoms with E-state index in [0.29, 0.717) is 17.1 Å². The van der Waals surface area contributed by atoms with E-state index in [1.54, 1.807) is 24.3 Å². The van der Waals surface area contributed by atoms with Crippen LogP contribution in [0.3, 0.4) is 0 Å². The first-order valence-corrected chi connectivity index (χ1v) is 5.77. The van der Waals surface area contributed by atoms with Gasteiger partial charge in [-0.3, -0.25) is 4.79 Å². The molecular formula is C12H16ClNO2. The second-order valence-electron chi connectivity index (χ2n) is 3.52. The first-order chi connectivity index (χ1) is 7.75. The summed E-state index contributed by atoms with van der Waals surface area (Å²) in [6.45, 7) is 0.822. The molecule has 0 unspecified atom stereocenters. The first kappa shape index (κ1) is 13.0. The van der Waals surface area contributed by atoms with Gasteiger partial charge in [-0.15, -0.1) is 0 Å². The van der Waals surface area contributed by atoms with Crippen molar-refractivity contribution < 1.29 is 9.90 Å². The molecule has 0 spiro atoms. The van der Waals surface area contributed by atoms with Crippen molar-refractivity contribution in [1.82, 2.24) is 5.32 Å². The van der Waals surface area contributed by atoms with Gasteiger partial charge in [-0.25, -0.2) is 0 Å². The number of carbonyl (C=O) groups excluding carboxylic acids is 1. The maximum atomic E-state index is 11.7. The van der Waals surface area contributed by atoms with E-state index >= 15 is 0 Å². The number of aliphatic hydroxyl groups is 1. The second kappa shape index (κ2) is 7.25. The molecule has 0 atom stereocenters. The van der Waals surface area contributed by atoms with Gasteiger partial charge < -0.3 is 10.4 Å². The molecule has 0 aliphatic heterocycles. The first-order valence-electron chi connectivity index (χ1n) is 5.39. The van der Waals surface area contributed by atoms with Crippen molar-refractivity contribution >= 4 is 17.5 Å². The summed E-state index contributed by atoms with van der Waals surface area (Å²) in [4.78, 5) is 11.7. The van der Waals surface area contributed by atoms with Crippen LogP contribution in [0.4, 0.5) is 0 Å². The molecule has 0 radical (unpaired) electrons. The van der Waals surface area contributed by atoms with Crippen LogP contribution in [-0.4, -0.2) is 24.2 Å². The third-order valence-electron chi connectivity index (χ3n) is 2.24. The highest BCUT2D eigenvalue weighted by molar-refractivity contribution is 6.33. The van der Waals surface area contributed by atoms with Gasteiger partial charge in [0.1, 0.15) is 0 Å². The van der Waals surface area contributed by atoms with E-state index in [2.05, 4.69) is 5.32 Å². The van der Waals surface area contributed by atoms with E-state index in [1.165, 1.54) is 0 Å². The highest BCUT2D eigenvalue weighted by atomic mass is 35.5. The smallest absolute Gasteiger partial charge is 0.252 e. The Kier molecular flexibility index (Phi) is 5.90. The zero-order valence-electron chi connectivity index (χ0n) is 9.08. The van der Waals surface area contributed by atoms with Crippen molar-refractivity contribution in [1.29, 1.82) is 0 Å². The number of rotatable bonds is 6. The van der Waals surface area contributed by atoms with Gasteiger partial charge in [0, 0.05) is 13.2 Å². The third kappa shape index (κ3) is 4.21. The van der Waals surface area contributed by atoms with Crippen molar-refractivity contribution in [3.63, 3.8) is 0 Å². The summed E-state index contributed by atoms with van der Waals surface area (Å²) in [6, 6.07) is 6.97. The number of halogens is 1. The molecule has 0 saturated carbocycles. The summed E-state index contributed by atoms with van der Waals surface area (Å²) in [5.74, 6) is -0.144. The minimum absolute atomic E-state index is 0.144. The Morgan fingerprint density at radius 3 is 2.69 bits per heavy atom. The molecule has 1 amide bonds. The van der Waals surface area contributed by atoms with Crippen LogP contribution >= 0.6 is 11.6 Å². The van der Waals surface area contributed by atoms with Gasteiger partial charge in [-0.2, -0.15) is 0 Å². The van der Waals surface area contributed by atoms with Crippen LogP contribution in [0, 0.1) is 0 Å². The van der Waals surface area contributed by atoms with Gasteiger partial charge >= 0.3 is 0 Å². The topological polar surface area (TPSA) is 49.3 Å². The lowest BCUT2D eigenvalue weighted by atomic mass is 10.2. The number of aliphatic hydroxyl groups excluding tert-OH is 1. The van der Waals surface area contributed by atoms with Crippen molar-refractivity contribution in [3.8, 4) is 0 Å². The van der Waals surface area contributed by atoms with Gasteiger partial charge in [-0.1, -0.05) is 23.7 Å². The lowest BCUT2D eigenvalue weighted by molar-refractivity contribution is 0.0953. The molecule has 0 aliphatic rings. The molecule has 1 aromatic rings. The van der Waals surface area contributed by atoms with Gasteiger partial charge in [0.05, 0.1) is 10.6 Å². The summed E-state index contributed by atoms with van der Waals surface area (Å²) in [5.41, 5.74) is 0.506. The lowest BCUT2D eigenvalue weighted by Gasteiger charge is -2.06. The van der Waals surface area contributed by atoms with Crippen LogP contribution in [0.5, 0.6) is 0 Å². The van der Waals surface area contributed by atoms with Crippen LogP contribution in [0.15, 0.2) is 24.3 Å². The Bertz CT molecular complexity index is 342. The van der Waals surface area contributed by atoms with Crippen LogP contribution in [-0.2, 0) is 0 Å².